The van der Waals surface area contributed by atoms with Gasteiger partial charge in [0.2, 0.25) is 0 Å². The molecular weight excluding hydrogens is 188 g/mol. The molecule has 1 atom stereocenters. The highest BCUT2D eigenvalue weighted by atomic mass is 16.5. The number of rotatable bonds is 5. The van der Waals surface area contributed by atoms with E-state index in [2.05, 4.69) is 0 Å². The number of esters is 1. The van der Waals surface area contributed by atoms with Crippen molar-refractivity contribution in [2.45, 2.75) is 32.5 Å². The van der Waals surface area contributed by atoms with Crippen LogP contribution in [0.2, 0.25) is 0 Å². The molecule has 0 aromatic heterocycles. The zero-order valence-corrected chi connectivity index (χ0v) is 8.90. The second kappa shape index (κ2) is 6.23. The second-order valence-electron chi connectivity index (χ2n) is 3.36. The summed E-state index contributed by atoms with van der Waals surface area (Å²) in [5.41, 5.74) is 0.471. The van der Waals surface area contributed by atoms with E-state index >= 15 is 0 Å². The van der Waals surface area contributed by atoms with Gasteiger partial charge in [-0.2, -0.15) is 0 Å². The highest BCUT2D eigenvalue weighted by molar-refractivity contribution is 5.77. The Kier molecular flexibility index (Phi) is 3.28. The van der Waals surface area contributed by atoms with Crippen LogP contribution in [0.4, 0.5) is 0 Å². The van der Waals surface area contributed by atoms with Crippen molar-refractivity contribution in [2.75, 3.05) is 6.61 Å². The van der Waals surface area contributed by atoms with Crippen molar-refractivity contribution in [3.8, 4) is 0 Å². The van der Waals surface area contributed by atoms with Crippen molar-refractivity contribution in [2.24, 2.45) is 0 Å². The molecule has 0 unspecified atom stereocenters. The van der Waals surface area contributed by atoms with Crippen LogP contribution in [0, 0.1) is 0 Å². The fourth-order valence-electron chi connectivity index (χ4n) is 1.18. The Balaban J connectivity index is 2.83. The van der Waals surface area contributed by atoms with Gasteiger partial charge in [-0.25, -0.2) is 0 Å². The number of unbranched alkanes of at least 4 members (excludes halogenated alkanes) is 1. The van der Waals surface area contributed by atoms with Gasteiger partial charge >= 0.3 is 5.97 Å². The summed E-state index contributed by atoms with van der Waals surface area (Å²) < 4.78 is 27.4. The van der Waals surface area contributed by atoms with Crippen LogP contribution in [-0.2, 0) is 9.53 Å². The Morgan fingerprint density at radius 3 is 2.80 bits per heavy atom. The van der Waals surface area contributed by atoms with E-state index in [4.69, 9.17) is 8.85 Å². The maximum Gasteiger partial charge on any atom is 0.313 e. The molecule has 0 amide bonds. The molecule has 0 saturated heterocycles. The fourth-order valence-corrected chi connectivity index (χ4v) is 1.18. The smallest absolute Gasteiger partial charge is 0.313 e. The van der Waals surface area contributed by atoms with Gasteiger partial charge in [-0.05, 0) is 18.8 Å². The van der Waals surface area contributed by atoms with Gasteiger partial charge in [-0.1, -0.05) is 43.7 Å². The molecule has 1 aromatic carbocycles. The average molecular weight is 212 g/mol. The topological polar surface area (TPSA) is 26.3 Å². The van der Waals surface area contributed by atoms with Crippen LogP contribution >= 0.6 is 0 Å². The summed E-state index contributed by atoms with van der Waals surface area (Å²) in [6, 6.07) is 8.49. The van der Waals surface area contributed by atoms with Crippen LogP contribution in [0.25, 0.3) is 0 Å². The normalized spacial score (nSPS) is 15.9. The lowest BCUT2D eigenvalue weighted by Gasteiger charge is -2.11. The standard InChI is InChI=1S/C13H18O2/c1-3-4-10-15-13(14)11(2)12-8-6-5-7-9-12/h5-9,11H,3-4,10H2,1-2H3/t11-/m1/s1/i2T3. The van der Waals surface area contributed by atoms with Gasteiger partial charge in [-0.3, -0.25) is 4.79 Å². The van der Waals surface area contributed by atoms with E-state index in [9.17, 15) is 4.79 Å². The first kappa shape index (κ1) is 7.91. The molecule has 2 nitrogen and oxygen atoms in total. The first-order chi connectivity index (χ1) is 8.46. The third-order valence-electron chi connectivity index (χ3n) is 2.11. The molecule has 0 aliphatic rings. The van der Waals surface area contributed by atoms with Crippen LogP contribution in [-0.4, -0.2) is 12.6 Å². The Morgan fingerprint density at radius 2 is 2.20 bits per heavy atom. The van der Waals surface area contributed by atoms with Crippen LogP contribution in [0.5, 0.6) is 0 Å². The van der Waals surface area contributed by atoms with E-state index < -0.39 is 18.7 Å². The summed E-state index contributed by atoms with van der Waals surface area (Å²) in [5, 5.41) is 0. The lowest BCUT2D eigenvalue weighted by molar-refractivity contribution is -0.145. The Bertz CT molecular complexity index is 374. The Hall–Kier alpha value is -1.31. The predicted molar refractivity (Wildman–Crippen MR) is 60.7 cm³/mol. The minimum atomic E-state index is -2.38. The van der Waals surface area contributed by atoms with Crippen molar-refractivity contribution < 1.29 is 13.6 Å². The highest BCUT2D eigenvalue weighted by Crippen LogP contribution is 2.16. The van der Waals surface area contributed by atoms with Gasteiger partial charge in [0.1, 0.15) is 0 Å². The zero-order chi connectivity index (χ0) is 13.6. The minimum absolute atomic E-state index is 0.273. The monoisotopic (exact) mass is 212 g/mol. The third kappa shape index (κ3) is 3.74. The van der Waals surface area contributed by atoms with Crippen molar-refractivity contribution in [3.63, 3.8) is 0 Å². The Morgan fingerprint density at radius 1 is 1.47 bits per heavy atom. The molecule has 2 heteroatoms. The second-order valence-corrected chi connectivity index (χ2v) is 3.36. The van der Waals surface area contributed by atoms with E-state index in [1.807, 2.05) is 6.92 Å². The number of carbonyl (C=O) groups is 1. The molecule has 15 heavy (non-hydrogen) atoms. The number of hydrogen-bond acceptors (Lipinski definition) is 2. The average Bonchev–Trinajstić information content (AvgIpc) is 2.29. The van der Waals surface area contributed by atoms with E-state index in [1.54, 1.807) is 30.3 Å². The maximum atomic E-state index is 11.9. The molecular formula is C13H18O2. The van der Waals surface area contributed by atoms with Crippen molar-refractivity contribution in [1.82, 2.24) is 0 Å². The molecule has 1 rings (SSSR count). The summed E-state index contributed by atoms with van der Waals surface area (Å²) in [6.07, 6.45) is 1.64. The number of hydrogen-bond donors (Lipinski definition) is 0. The quantitative estimate of drug-likeness (QED) is 0.553. The third-order valence-corrected chi connectivity index (χ3v) is 2.11. The lowest BCUT2D eigenvalue weighted by atomic mass is 10.0. The molecule has 1 aromatic rings. The minimum Gasteiger partial charge on any atom is -0.465 e. The largest absolute Gasteiger partial charge is 0.465 e. The van der Waals surface area contributed by atoms with E-state index in [0.717, 1.165) is 12.8 Å². The number of carbonyl (C=O) groups excluding carboxylic acids is 1. The number of benzene rings is 1. The van der Waals surface area contributed by atoms with Crippen molar-refractivity contribution in [3.05, 3.63) is 35.9 Å². The van der Waals surface area contributed by atoms with Gasteiger partial charge in [0.25, 0.3) is 0 Å². The summed E-state index contributed by atoms with van der Waals surface area (Å²) >= 11 is 0. The lowest BCUT2D eigenvalue weighted by Crippen LogP contribution is -2.13. The van der Waals surface area contributed by atoms with Gasteiger partial charge in [0, 0.05) is 4.11 Å². The summed E-state index contributed by atoms with van der Waals surface area (Å²) in [4.78, 5) is 11.9. The summed E-state index contributed by atoms with van der Waals surface area (Å²) in [7, 11) is 0. The molecule has 0 fully saturated rings. The number of ether oxygens (including phenoxy) is 1. The molecule has 0 saturated carbocycles. The maximum absolute atomic E-state index is 11.9. The zero-order valence-electron chi connectivity index (χ0n) is 11.9. The fraction of sp³-hybridized carbons (Fsp3) is 0.462. The van der Waals surface area contributed by atoms with E-state index in [-0.39, 0.29) is 6.61 Å². The van der Waals surface area contributed by atoms with E-state index in [1.165, 1.54) is 0 Å². The molecule has 0 spiro atoms. The summed E-state index contributed by atoms with van der Waals surface area (Å²) in [5.74, 6) is -1.87. The molecule has 0 radical (unpaired) electrons. The Labute approximate surface area is 95.5 Å². The SMILES string of the molecule is [3H]C([3H])([3H])[C@@H](C(=O)OCCCC)c1ccccc1. The molecule has 0 N–H and O–H groups in total. The van der Waals surface area contributed by atoms with Gasteiger partial charge in [-0.15, -0.1) is 0 Å². The van der Waals surface area contributed by atoms with Gasteiger partial charge in [0.15, 0.2) is 0 Å². The first-order valence-corrected chi connectivity index (χ1v) is 5.18. The molecule has 82 valence electrons. The van der Waals surface area contributed by atoms with Crippen LogP contribution in [0.3, 0.4) is 0 Å². The summed E-state index contributed by atoms with van der Waals surface area (Å²) in [6.45, 7) is -0.133. The van der Waals surface area contributed by atoms with Crippen LogP contribution in [0.1, 0.15) is 42.2 Å². The predicted octanol–water partition coefficient (Wildman–Crippen LogP) is 3.13. The van der Waals surface area contributed by atoms with Gasteiger partial charge in [0.05, 0.1) is 12.5 Å². The molecule has 0 aliphatic heterocycles. The van der Waals surface area contributed by atoms with Crippen molar-refractivity contribution >= 4 is 5.97 Å². The molecule has 0 heterocycles. The van der Waals surface area contributed by atoms with Gasteiger partial charge < -0.3 is 4.74 Å². The molecule has 0 bridgehead atoms. The van der Waals surface area contributed by atoms with E-state index in [0.29, 0.717) is 5.56 Å². The van der Waals surface area contributed by atoms with Crippen LogP contribution < -0.4 is 0 Å². The molecule has 0 aliphatic carbocycles. The van der Waals surface area contributed by atoms with Crippen LogP contribution in [0.15, 0.2) is 30.3 Å². The van der Waals surface area contributed by atoms with Crippen molar-refractivity contribution in [1.29, 1.82) is 0 Å². The highest BCUT2D eigenvalue weighted by Gasteiger charge is 2.15. The first-order valence-electron chi connectivity index (χ1n) is 6.68.